The average molecular weight is 489 g/mol. The van der Waals surface area contributed by atoms with Gasteiger partial charge in [0.05, 0.1) is 36.1 Å². The maximum absolute atomic E-state index is 12.6. The van der Waals surface area contributed by atoms with Gasteiger partial charge in [0.15, 0.2) is 5.11 Å². The molecule has 2 aliphatic rings. The predicted octanol–water partition coefficient (Wildman–Crippen LogP) is 5.58. The highest BCUT2D eigenvalue weighted by atomic mass is 32.1. The minimum Gasteiger partial charge on any atom is -0.465 e. The number of carbonyl (C=O) groups excluding carboxylic acids is 1. The van der Waals surface area contributed by atoms with Crippen molar-refractivity contribution >= 4 is 23.3 Å². The zero-order chi connectivity index (χ0) is 24.5. The highest BCUT2D eigenvalue weighted by molar-refractivity contribution is 7.80. The van der Waals surface area contributed by atoms with Gasteiger partial charge in [-0.2, -0.15) is 0 Å². The Balaban J connectivity index is 1.65. The summed E-state index contributed by atoms with van der Waals surface area (Å²) in [7, 11) is 1.42. The normalized spacial score (nSPS) is 20.7. The van der Waals surface area contributed by atoms with E-state index in [-0.39, 0.29) is 18.1 Å². The maximum atomic E-state index is 12.6. The van der Waals surface area contributed by atoms with Crippen LogP contribution in [0.2, 0.25) is 0 Å². The van der Waals surface area contributed by atoms with Gasteiger partial charge in [-0.3, -0.25) is 4.98 Å². The molecule has 1 aliphatic heterocycles. The topological polar surface area (TPSA) is 59.4 Å². The van der Waals surface area contributed by atoms with Crippen molar-refractivity contribution < 1.29 is 9.53 Å². The van der Waals surface area contributed by atoms with Crippen LogP contribution in [0.15, 0.2) is 54.7 Å². The summed E-state index contributed by atoms with van der Waals surface area (Å²) in [5.41, 5.74) is 5.72. The molecular formula is C28H32N4O2S. The largest absolute Gasteiger partial charge is 0.465 e. The minimum atomic E-state index is -0.339. The molecule has 0 bridgehead atoms. The number of carbonyl (C=O) groups is 1. The fourth-order valence-electron chi connectivity index (χ4n) is 5.86. The fourth-order valence-corrected chi connectivity index (χ4v) is 6.25. The molecule has 2 unspecified atom stereocenters. The minimum absolute atomic E-state index is 0.0192. The highest BCUT2D eigenvalue weighted by Gasteiger charge is 2.44. The van der Waals surface area contributed by atoms with Crippen molar-refractivity contribution in [2.24, 2.45) is 0 Å². The van der Waals surface area contributed by atoms with Crippen LogP contribution in [0.4, 0.5) is 0 Å². The Hall–Kier alpha value is -3.19. The highest BCUT2D eigenvalue weighted by Crippen LogP contribution is 2.44. The van der Waals surface area contributed by atoms with Crippen molar-refractivity contribution in [3.8, 4) is 5.69 Å². The Labute approximate surface area is 212 Å². The molecule has 35 heavy (non-hydrogen) atoms. The fraction of sp³-hybridized carbons (Fsp3) is 0.393. The molecule has 1 aliphatic carbocycles. The Kier molecular flexibility index (Phi) is 6.60. The number of ether oxygens (including phenoxy) is 1. The molecule has 1 N–H and O–H groups in total. The molecular weight excluding hydrogens is 456 g/mol. The molecule has 0 amide bonds. The number of rotatable bonds is 5. The molecule has 0 spiro atoms. The van der Waals surface area contributed by atoms with E-state index in [1.165, 1.54) is 31.9 Å². The zero-order valence-corrected chi connectivity index (χ0v) is 21.3. The lowest BCUT2D eigenvalue weighted by Crippen LogP contribution is -2.40. The van der Waals surface area contributed by atoms with Crippen molar-refractivity contribution in [3.05, 3.63) is 82.9 Å². The summed E-state index contributed by atoms with van der Waals surface area (Å²) in [6.45, 7) is 4.22. The zero-order valence-electron chi connectivity index (χ0n) is 20.5. The van der Waals surface area contributed by atoms with Gasteiger partial charge in [0.2, 0.25) is 0 Å². The second-order valence-corrected chi connectivity index (χ2v) is 9.88. The third-order valence-corrected chi connectivity index (χ3v) is 7.77. The number of aromatic nitrogens is 2. The first kappa shape index (κ1) is 23.5. The second-order valence-electron chi connectivity index (χ2n) is 9.50. The van der Waals surface area contributed by atoms with E-state index in [4.69, 9.17) is 21.9 Å². The van der Waals surface area contributed by atoms with Gasteiger partial charge in [0.1, 0.15) is 0 Å². The van der Waals surface area contributed by atoms with Gasteiger partial charge in [0.25, 0.3) is 0 Å². The van der Waals surface area contributed by atoms with E-state index in [1.54, 1.807) is 0 Å². The van der Waals surface area contributed by atoms with Crippen LogP contribution in [-0.2, 0) is 4.74 Å². The van der Waals surface area contributed by atoms with Crippen molar-refractivity contribution in [1.82, 2.24) is 19.8 Å². The van der Waals surface area contributed by atoms with Gasteiger partial charge < -0.3 is 19.5 Å². The van der Waals surface area contributed by atoms with Crippen LogP contribution in [0.1, 0.15) is 77.2 Å². The lowest BCUT2D eigenvalue weighted by molar-refractivity contribution is 0.0600. The lowest BCUT2D eigenvalue weighted by atomic mass is 9.90. The van der Waals surface area contributed by atoms with E-state index < -0.39 is 0 Å². The third-order valence-electron chi connectivity index (χ3n) is 7.44. The molecule has 182 valence electrons. The number of aryl methyl sites for hydroxylation is 1. The molecule has 5 rings (SSSR count). The molecule has 1 saturated carbocycles. The standard InChI is InChI=1S/C28H32N4O2S/c1-18-17-22(19(2)31(18)24-15-8-7-13-21(24)27(33)34-3)26-25(23-14-9-10-16-29-23)30-28(35)32(26)20-11-5-4-6-12-20/h7-10,13-17,20,25-26H,4-6,11-12H2,1-3H3,(H,30,35). The molecule has 7 heteroatoms. The van der Waals surface area contributed by atoms with Crippen LogP contribution in [0.5, 0.6) is 0 Å². The number of nitrogens with zero attached hydrogens (tertiary/aromatic N) is 3. The van der Waals surface area contributed by atoms with Crippen molar-refractivity contribution in [1.29, 1.82) is 0 Å². The van der Waals surface area contributed by atoms with Crippen LogP contribution in [0.25, 0.3) is 5.69 Å². The molecule has 3 heterocycles. The average Bonchev–Trinajstić information content (AvgIpc) is 3.39. The smallest absolute Gasteiger partial charge is 0.339 e. The first-order valence-electron chi connectivity index (χ1n) is 12.4. The number of hydrogen-bond acceptors (Lipinski definition) is 4. The Bertz CT molecular complexity index is 1230. The summed E-state index contributed by atoms with van der Waals surface area (Å²) in [6.07, 6.45) is 7.90. The summed E-state index contributed by atoms with van der Waals surface area (Å²) >= 11 is 5.94. The van der Waals surface area contributed by atoms with E-state index in [0.29, 0.717) is 11.6 Å². The van der Waals surface area contributed by atoms with Gasteiger partial charge >= 0.3 is 5.97 Å². The SMILES string of the molecule is COC(=O)c1ccccc1-n1c(C)cc(C2C(c3ccccn3)NC(=S)N2C2CCCCC2)c1C. The molecule has 6 nitrogen and oxygen atoms in total. The van der Waals surface area contributed by atoms with Crippen molar-refractivity contribution in [2.75, 3.05) is 7.11 Å². The van der Waals surface area contributed by atoms with Gasteiger partial charge in [-0.15, -0.1) is 0 Å². The van der Waals surface area contributed by atoms with Gasteiger partial charge in [-0.25, -0.2) is 4.79 Å². The number of esters is 1. The first-order valence-corrected chi connectivity index (χ1v) is 12.8. The van der Waals surface area contributed by atoms with E-state index >= 15 is 0 Å². The molecule has 2 fully saturated rings. The van der Waals surface area contributed by atoms with E-state index in [2.05, 4.69) is 40.8 Å². The van der Waals surface area contributed by atoms with Crippen LogP contribution in [-0.4, -0.2) is 38.7 Å². The number of para-hydroxylation sites is 1. The van der Waals surface area contributed by atoms with Crippen molar-refractivity contribution in [3.63, 3.8) is 0 Å². The number of thiocarbonyl (C=S) groups is 1. The van der Waals surface area contributed by atoms with Gasteiger partial charge in [-0.1, -0.05) is 37.5 Å². The monoisotopic (exact) mass is 488 g/mol. The van der Waals surface area contributed by atoms with Gasteiger partial charge in [0, 0.05) is 23.6 Å². The van der Waals surface area contributed by atoms with Crippen LogP contribution < -0.4 is 5.32 Å². The van der Waals surface area contributed by atoms with E-state index in [0.717, 1.165) is 40.7 Å². The number of methoxy groups -OCH3 is 1. The molecule has 1 saturated heterocycles. The quantitative estimate of drug-likeness (QED) is 0.374. The molecule has 3 aromatic rings. The van der Waals surface area contributed by atoms with E-state index in [1.807, 2.05) is 42.6 Å². The summed E-state index contributed by atoms with van der Waals surface area (Å²) in [5, 5.41) is 4.42. The van der Waals surface area contributed by atoms with Crippen molar-refractivity contribution in [2.45, 2.75) is 64.1 Å². The summed E-state index contributed by atoms with van der Waals surface area (Å²) < 4.78 is 7.24. The van der Waals surface area contributed by atoms with Gasteiger partial charge in [-0.05, 0) is 74.8 Å². The molecule has 2 aromatic heterocycles. The first-order chi connectivity index (χ1) is 17.0. The number of hydrogen-bond donors (Lipinski definition) is 1. The van der Waals surface area contributed by atoms with Crippen LogP contribution in [0.3, 0.4) is 0 Å². The third kappa shape index (κ3) is 4.22. The Morgan fingerprint density at radius 2 is 1.83 bits per heavy atom. The van der Waals surface area contributed by atoms with Crippen LogP contribution >= 0.6 is 12.2 Å². The molecule has 0 radical (unpaired) electrons. The summed E-state index contributed by atoms with van der Waals surface area (Å²) in [6, 6.07) is 16.3. The molecule has 2 atom stereocenters. The summed E-state index contributed by atoms with van der Waals surface area (Å²) in [4.78, 5) is 19.7. The number of benzene rings is 1. The summed E-state index contributed by atoms with van der Waals surface area (Å²) in [5.74, 6) is -0.339. The predicted molar refractivity (Wildman–Crippen MR) is 141 cm³/mol. The number of pyridine rings is 1. The van der Waals surface area contributed by atoms with E-state index in [9.17, 15) is 4.79 Å². The Morgan fingerprint density at radius 3 is 2.54 bits per heavy atom. The second kappa shape index (κ2) is 9.82. The lowest BCUT2D eigenvalue weighted by Gasteiger charge is -2.37. The van der Waals surface area contributed by atoms with Crippen LogP contribution in [0, 0.1) is 13.8 Å². The molecule has 1 aromatic carbocycles. The maximum Gasteiger partial charge on any atom is 0.339 e. The Morgan fingerprint density at radius 1 is 1.09 bits per heavy atom. The number of nitrogens with one attached hydrogen (secondary N) is 1.